The van der Waals surface area contributed by atoms with E-state index in [9.17, 15) is 5.26 Å². The van der Waals surface area contributed by atoms with Crippen LogP contribution in [0.2, 0.25) is 0 Å². The van der Waals surface area contributed by atoms with Crippen molar-refractivity contribution in [1.82, 2.24) is 0 Å². The number of fused-ring (bicyclic) bond motifs is 1. The van der Waals surface area contributed by atoms with E-state index in [0.717, 1.165) is 36.4 Å². The van der Waals surface area contributed by atoms with Crippen LogP contribution in [0.3, 0.4) is 0 Å². The molecule has 1 saturated heterocycles. The molecular formula is C15H18N2O. The third-order valence-electron chi connectivity index (χ3n) is 4.06. The number of ether oxygens (including phenoxy) is 1. The van der Waals surface area contributed by atoms with E-state index in [-0.39, 0.29) is 0 Å². The quantitative estimate of drug-likeness (QED) is 0.759. The van der Waals surface area contributed by atoms with Gasteiger partial charge in [0.2, 0.25) is 0 Å². The van der Waals surface area contributed by atoms with Gasteiger partial charge in [-0.15, -0.1) is 0 Å². The normalized spacial score (nSPS) is 26.8. The van der Waals surface area contributed by atoms with Crippen molar-refractivity contribution in [2.24, 2.45) is 0 Å². The average molecular weight is 242 g/mol. The van der Waals surface area contributed by atoms with Gasteiger partial charge < -0.3 is 9.64 Å². The molecule has 1 aliphatic heterocycles. The molecule has 18 heavy (non-hydrogen) atoms. The Balaban J connectivity index is 1.96. The first kappa shape index (κ1) is 11.6. The fraction of sp³-hybridized carbons (Fsp3) is 0.533. The first-order chi connectivity index (χ1) is 8.79. The van der Waals surface area contributed by atoms with Crippen molar-refractivity contribution >= 4 is 5.69 Å². The Morgan fingerprint density at radius 1 is 1.39 bits per heavy atom. The molecule has 0 aromatic heterocycles. The lowest BCUT2D eigenvalue weighted by Gasteiger charge is -2.39. The van der Waals surface area contributed by atoms with Crippen LogP contribution in [0.4, 0.5) is 5.69 Å². The number of aryl methyl sites for hydroxylation is 1. The Morgan fingerprint density at radius 3 is 3.11 bits per heavy atom. The lowest BCUT2D eigenvalue weighted by Crippen LogP contribution is -2.48. The lowest BCUT2D eigenvalue weighted by molar-refractivity contribution is 0.0256. The van der Waals surface area contributed by atoms with Gasteiger partial charge in [0.15, 0.2) is 0 Å². The molecule has 3 rings (SSSR count). The highest BCUT2D eigenvalue weighted by molar-refractivity contribution is 5.61. The maximum atomic E-state index is 9.31. The van der Waals surface area contributed by atoms with E-state index in [0.29, 0.717) is 12.1 Å². The maximum Gasteiger partial charge on any atom is 0.101 e. The third kappa shape index (κ3) is 1.87. The van der Waals surface area contributed by atoms with Crippen molar-refractivity contribution in [2.45, 2.75) is 38.3 Å². The van der Waals surface area contributed by atoms with E-state index in [2.05, 4.69) is 23.1 Å². The van der Waals surface area contributed by atoms with Crippen LogP contribution in [0.1, 0.15) is 30.4 Å². The zero-order chi connectivity index (χ0) is 12.5. The van der Waals surface area contributed by atoms with Gasteiger partial charge in [-0.25, -0.2) is 0 Å². The topological polar surface area (TPSA) is 36.3 Å². The lowest BCUT2D eigenvalue weighted by atomic mass is 10.0. The van der Waals surface area contributed by atoms with Crippen LogP contribution >= 0.6 is 0 Å². The molecule has 94 valence electrons. The van der Waals surface area contributed by atoms with E-state index >= 15 is 0 Å². The highest BCUT2D eigenvalue weighted by atomic mass is 16.5. The molecule has 2 aliphatic rings. The summed E-state index contributed by atoms with van der Waals surface area (Å²) < 4.78 is 5.83. The fourth-order valence-corrected chi connectivity index (χ4v) is 3.21. The molecule has 0 amide bonds. The Bertz CT molecular complexity index is 492. The van der Waals surface area contributed by atoms with Gasteiger partial charge in [0, 0.05) is 6.54 Å². The minimum absolute atomic E-state index is 0.367. The first-order valence-corrected chi connectivity index (χ1v) is 6.68. The van der Waals surface area contributed by atoms with E-state index in [1.54, 1.807) is 0 Å². The van der Waals surface area contributed by atoms with Gasteiger partial charge in [0.25, 0.3) is 0 Å². The van der Waals surface area contributed by atoms with Crippen molar-refractivity contribution < 1.29 is 4.74 Å². The summed E-state index contributed by atoms with van der Waals surface area (Å²) in [4.78, 5) is 2.39. The predicted molar refractivity (Wildman–Crippen MR) is 70.6 cm³/mol. The third-order valence-corrected chi connectivity index (χ3v) is 4.06. The van der Waals surface area contributed by atoms with Crippen LogP contribution in [0.25, 0.3) is 0 Å². The van der Waals surface area contributed by atoms with E-state index < -0.39 is 0 Å². The molecule has 1 heterocycles. The zero-order valence-corrected chi connectivity index (χ0v) is 10.7. The van der Waals surface area contributed by atoms with Gasteiger partial charge in [-0.1, -0.05) is 6.07 Å². The Labute approximate surface area is 108 Å². The summed E-state index contributed by atoms with van der Waals surface area (Å²) >= 11 is 0. The molecule has 1 aliphatic carbocycles. The number of hydrogen-bond acceptors (Lipinski definition) is 3. The molecule has 0 N–H and O–H groups in total. The zero-order valence-electron chi connectivity index (χ0n) is 10.7. The van der Waals surface area contributed by atoms with Crippen LogP contribution in [0.5, 0.6) is 0 Å². The Morgan fingerprint density at radius 2 is 2.28 bits per heavy atom. The largest absolute Gasteiger partial charge is 0.374 e. The standard InChI is InChI=1S/C15H18N2O/c1-11-5-6-13(12(9-11)10-16)17-7-8-18-15-4-2-3-14(15)17/h5-6,9,14-15H,2-4,7-8H2,1H3. The molecule has 3 heteroatoms. The van der Waals surface area contributed by atoms with Crippen molar-refractivity contribution in [3.8, 4) is 6.07 Å². The van der Waals surface area contributed by atoms with Crippen molar-refractivity contribution in [1.29, 1.82) is 5.26 Å². The van der Waals surface area contributed by atoms with Gasteiger partial charge >= 0.3 is 0 Å². The number of nitrogens with zero attached hydrogens (tertiary/aromatic N) is 2. The molecule has 2 fully saturated rings. The summed E-state index contributed by atoms with van der Waals surface area (Å²) in [7, 11) is 0. The summed E-state index contributed by atoms with van der Waals surface area (Å²) in [6.07, 6.45) is 3.95. The van der Waals surface area contributed by atoms with Crippen LogP contribution in [0.15, 0.2) is 18.2 Å². The smallest absolute Gasteiger partial charge is 0.101 e. The second-order valence-electron chi connectivity index (χ2n) is 5.23. The monoisotopic (exact) mass is 242 g/mol. The van der Waals surface area contributed by atoms with E-state index in [4.69, 9.17) is 4.74 Å². The minimum atomic E-state index is 0.367. The number of morpholine rings is 1. The van der Waals surface area contributed by atoms with Gasteiger partial charge in [-0.2, -0.15) is 5.26 Å². The molecule has 0 radical (unpaired) electrons. The van der Waals surface area contributed by atoms with Crippen LogP contribution < -0.4 is 4.90 Å². The molecule has 2 unspecified atom stereocenters. The highest BCUT2D eigenvalue weighted by Gasteiger charge is 2.36. The molecule has 3 nitrogen and oxygen atoms in total. The Kier molecular flexibility index (Phi) is 2.97. The van der Waals surface area contributed by atoms with Crippen molar-refractivity contribution in [3.05, 3.63) is 29.3 Å². The molecule has 1 aromatic rings. The molecule has 1 aromatic carbocycles. The van der Waals surface area contributed by atoms with Crippen LogP contribution in [-0.2, 0) is 4.74 Å². The molecular weight excluding hydrogens is 224 g/mol. The number of benzene rings is 1. The SMILES string of the molecule is Cc1ccc(N2CCOC3CCCC32)c(C#N)c1. The summed E-state index contributed by atoms with van der Waals surface area (Å²) in [5.41, 5.74) is 3.03. The molecule has 0 bridgehead atoms. The van der Waals surface area contributed by atoms with Gasteiger partial charge in [0.1, 0.15) is 6.07 Å². The van der Waals surface area contributed by atoms with E-state index in [1.165, 1.54) is 12.8 Å². The second-order valence-corrected chi connectivity index (χ2v) is 5.23. The highest BCUT2D eigenvalue weighted by Crippen LogP contribution is 2.34. The second kappa shape index (κ2) is 4.62. The van der Waals surface area contributed by atoms with Gasteiger partial charge in [-0.3, -0.25) is 0 Å². The summed E-state index contributed by atoms with van der Waals surface area (Å²) in [5.74, 6) is 0. The molecule has 0 spiro atoms. The number of nitriles is 1. The van der Waals surface area contributed by atoms with Gasteiger partial charge in [-0.05, 0) is 43.9 Å². The number of anilines is 1. The van der Waals surface area contributed by atoms with E-state index in [1.807, 2.05) is 13.0 Å². The summed E-state index contributed by atoms with van der Waals surface area (Å²) in [6, 6.07) is 8.96. The minimum Gasteiger partial charge on any atom is -0.374 e. The maximum absolute atomic E-state index is 9.31. The average Bonchev–Trinajstić information content (AvgIpc) is 2.86. The molecule has 2 atom stereocenters. The summed E-state index contributed by atoms with van der Waals surface area (Å²) in [6.45, 7) is 3.71. The van der Waals surface area contributed by atoms with Gasteiger partial charge in [0.05, 0.1) is 30.0 Å². The fourth-order valence-electron chi connectivity index (χ4n) is 3.21. The Hall–Kier alpha value is -1.53. The number of hydrogen-bond donors (Lipinski definition) is 0. The molecule has 1 saturated carbocycles. The predicted octanol–water partition coefficient (Wildman–Crippen LogP) is 2.62. The van der Waals surface area contributed by atoms with Crippen LogP contribution in [-0.4, -0.2) is 25.3 Å². The van der Waals surface area contributed by atoms with Crippen molar-refractivity contribution in [3.63, 3.8) is 0 Å². The summed E-state index contributed by atoms with van der Waals surface area (Å²) in [5, 5.41) is 9.31. The van der Waals surface area contributed by atoms with Crippen LogP contribution in [0, 0.1) is 18.3 Å². The first-order valence-electron chi connectivity index (χ1n) is 6.68. The van der Waals surface area contributed by atoms with Crippen molar-refractivity contribution in [2.75, 3.05) is 18.1 Å². The number of rotatable bonds is 1.